The van der Waals surface area contributed by atoms with Crippen LogP contribution in [0.15, 0.2) is 72.9 Å². The van der Waals surface area contributed by atoms with Crippen molar-refractivity contribution in [2.75, 3.05) is 32.7 Å². The van der Waals surface area contributed by atoms with Gasteiger partial charge in [0.15, 0.2) is 0 Å². The van der Waals surface area contributed by atoms with Crippen LogP contribution >= 0.6 is 0 Å². The molecule has 7 nitrogen and oxygen atoms in total. The second-order valence-electron chi connectivity index (χ2n) is 9.22. The van der Waals surface area contributed by atoms with Crippen LogP contribution in [0.5, 0.6) is 0 Å². The Bertz CT molecular complexity index is 1310. The first-order valence-electron chi connectivity index (χ1n) is 12.3. The summed E-state index contributed by atoms with van der Waals surface area (Å²) in [6.07, 6.45) is 3.35. The Hall–Kier alpha value is -3.55. The largest absolute Gasteiger partial charge is 0.301 e. The van der Waals surface area contributed by atoms with E-state index in [0.717, 1.165) is 66.4 Å². The van der Waals surface area contributed by atoms with Crippen molar-refractivity contribution in [2.45, 2.75) is 26.3 Å². The van der Waals surface area contributed by atoms with E-state index in [0.29, 0.717) is 0 Å². The highest BCUT2D eigenvalue weighted by Crippen LogP contribution is 2.34. The van der Waals surface area contributed by atoms with E-state index >= 15 is 0 Å². The van der Waals surface area contributed by atoms with Crippen LogP contribution in [0.4, 0.5) is 5.69 Å². The monoisotopic (exact) mass is 469 g/mol. The zero-order chi connectivity index (χ0) is 24.4. The molecule has 0 aliphatic carbocycles. The van der Waals surface area contributed by atoms with Gasteiger partial charge in [0.05, 0.1) is 16.3 Å². The van der Waals surface area contributed by atoms with E-state index in [9.17, 15) is 10.1 Å². The van der Waals surface area contributed by atoms with Crippen LogP contribution in [0.2, 0.25) is 0 Å². The minimum Gasteiger partial charge on any atom is -0.301 e. The Balaban J connectivity index is 1.59. The van der Waals surface area contributed by atoms with Gasteiger partial charge in [-0.3, -0.25) is 15.0 Å². The van der Waals surface area contributed by atoms with E-state index in [1.807, 2.05) is 18.2 Å². The summed E-state index contributed by atoms with van der Waals surface area (Å²) in [5.74, 6) is 0. The van der Waals surface area contributed by atoms with Crippen LogP contribution in [0.25, 0.3) is 28.0 Å². The number of nitrogens with zero attached hydrogens (tertiary/aromatic N) is 5. The predicted molar refractivity (Wildman–Crippen MR) is 139 cm³/mol. The Morgan fingerprint density at radius 1 is 0.914 bits per heavy atom. The van der Waals surface area contributed by atoms with Crippen LogP contribution in [0.1, 0.15) is 32.0 Å². The van der Waals surface area contributed by atoms with Crippen LogP contribution in [-0.4, -0.2) is 56.8 Å². The average Bonchev–Trinajstić information content (AvgIpc) is 3.28. The summed E-state index contributed by atoms with van der Waals surface area (Å²) < 4.78 is 2.21. The predicted octanol–water partition coefficient (Wildman–Crippen LogP) is 5.67. The lowest BCUT2D eigenvalue weighted by Gasteiger charge is -2.38. The van der Waals surface area contributed by atoms with Crippen molar-refractivity contribution >= 4 is 11.3 Å². The molecule has 1 fully saturated rings. The number of non-ortho nitro benzene ring substituents is 1. The van der Waals surface area contributed by atoms with Crippen LogP contribution in [-0.2, 0) is 0 Å². The summed E-state index contributed by atoms with van der Waals surface area (Å²) in [5.41, 5.74) is 6.16. The van der Waals surface area contributed by atoms with Gasteiger partial charge in [0.1, 0.15) is 5.65 Å². The van der Waals surface area contributed by atoms with E-state index < -0.39 is 0 Å². The van der Waals surface area contributed by atoms with Gasteiger partial charge >= 0.3 is 0 Å². The Morgan fingerprint density at radius 2 is 1.60 bits per heavy atom. The van der Waals surface area contributed by atoms with Gasteiger partial charge in [-0.05, 0) is 55.3 Å². The van der Waals surface area contributed by atoms with Crippen LogP contribution < -0.4 is 0 Å². The average molecular weight is 470 g/mol. The van der Waals surface area contributed by atoms with Gasteiger partial charge in [-0.2, -0.15) is 0 Å². The van der Waals surface area contributed by atoms with Gasteiger partial charge in [-0.25, -0.2) is 4.98 Å². The lowest BCUT2D eigenvalue weighted by Crippen LogP contribution is -2.47. The fourth-order valence-corrected chi connectivity index (χ4v) is 5.08. The third-order valence-corrected chi connectivity index (χ3v) is 7.00. The highest BCUT2D eigenvalue weighted by atomic mass is 16.6. The number of benzene rings is 2. The number of nitro groups is 1. The second-order valence-corrected chi connectivity index (χ2v) is 9.22. The smallest absolute Gasteiger partial charge is 0.269 e. The van der Waals surface area contributed by atoms with Crippen molar-refractivity contribution in [2.24, 2.45) is 0 Å². The Kier molecular flexibility index (Phi) is 6.61. The van der Waals surface area contributed by atoms with Crippen LogP contribution in [0.3, 0.4) is 0 Å². The second kappa shape index (κ2) is 9.98. The molecule has 0 spiro atoms. The molecule has 0 bridgehead atoms. The number of hydrogen-bond acceptors (Lipinski definition) is 5. The maximum atomic E-state index is 11.2. The molecule has 3 heterocycles. The van der Waals surface area contributed by atoms with E-state index in [-0.39, 0.29) is 16.7 Å². The molecule has 2 aromatic heterocycles. The number of rotatable bonds is 7. The minimum absolute atomic E-state index is 0.0884. The number of piperazine rings is 1. The number of fused-ring (bicyclic) bond motifs is 1. The summed E-state index contributed by atoms with van der Waals surface area (Å²) in [6, 6.07) is 21.4. The molecule has 1 aliphatic heterocycles. The normalized spacial score (nSPS) is 15.9. The molecule has 0 N–H and O–H groups in total. The Morgan fingerprint density at radius 3 is 2.26 bits per heavy atom. The maximum Gasteiger partial charge on any atom is 0.269 e. The molecular weight excluding hydrogens is 438 g/mol. The standard InChI is InChI=1S/C28H31N5O2/c1-3-15-30-16-18-31(19-17-30)21(2)28-27(23-9-12-25(13-10-23)33(34)35)29-26-14-11-24(20-32(26)28)22-7-5-4-6-8-22/h4-14,20-21H,3,15-19H2,1-2H3. The van der Waals surface area contributed by atoms with E-state index in [1.165, 1.54) is 6.42 Å². The highest BCUT2D eigenvalue weighted by molar-refractivity contribution is 5.71. The van der Waals surface area contributed by atoms with Crippen molar-refractivity contribution in [1.29, 1.82) is 0 Å². The van der Waals surface area contributed by atoms with Gasteiger partial charge in [-0.1, -0.05) is 37.3 Å². The quantitative estimate of drug-likeness (QED) is 0.258. The molecule has 180 valence electrons. The van der Waals surface area contributed by atoms with Crippen molar-refractivity contribution < 1.29 is 4.92 Å². The molecule has 5 rings (SSSR count). The molecule has 0 radical (unpaired) electrons. The number of imidazole rings is 1. The van der Waals surface area contributed by atoms with Gasteiger partial charge < -0.3 is 9.30 Å². The SMILES string of the molecule is CCCN1CCN(C(C)c2c(-c3ccc([N+](=O)[O-])cc3)nc3ccc(-c4ccccc4)cn23)CC1. The van der Waals surface area contributed by atoms with E-state index in [2.05, 4.69) is 70.6 Å². The molecule has 35 heavy (non-hydrogen) atoms. The van der Waals surface area contributed by atoms with Gasteiger partial charge in [0, 0.05) is 56.1 Å². The third-order valence-electron chi connectivity index (χ3n) is 7.00. The van der Waals surface area contributed by atoms with Crippen molar-refractivity contribution in [1.82, 2.24) is 19.2 Å². The first-order valence-corrected chi connectivity index (χ1v) is 12.3. The molecule has 1 unspecified atom stereocenters. The molecule has 1 atom stereocenters. The molecule has 0 amide bonds. The fraction of sp³-hybridized carbons (Fsp3) is 0.321. The molecule has 2 aromatic carbocycles. The van der Waals surface area contributed by atoms with Crippen molar-refractivity contribution in [3.05, 3.63) is 88.7 Å². The zero-order valence-electron chi connectivity index (χ0n) is 20.3. The summed E-state index contributed by atoms with van der Waals surface area (Å²) in [7, 11) is 0. The fourth-order valence-electron chi connectivity index (χ4n) is 5.08. The van der Waals surface area contributed by atoms with Crippen LogP contribution in [0, 0.1) is 10.1 Å². The summed E-state index contributed by atoms with van der Waals surface area (Å²) in [6.45, 7) is 9.77. The van der Waals surface area contributed by atoms with E-state index in [4.69, 9.17) is 4.98 Å². The third kappa shape index (κ3) is 4.70. The molecule has 7 heteroatoms. The number of aromatic nitrogens is 2. The van der Waals surface area contributed by atoms with Gasteiger partial charge in [0.2, 0.25) is 0 Å². The Labute approximate surface area is 205 Å². The summed E-state index contributed by atoms with van der Waals surface area (Å²) in [4.78, 5) is 20.9. The van der Waals surface area contributed by atoms with E-state index in [1.54, 1.807) is 12.1 Å². The molecular formula is C28H31N5O2. The number of nitro benzene ring substituents is 1. The first-order chi connectivity index (χ1) is 17.0. The van der Waals surface area contributed by atoms with Crippen molar-refractivity contribution in [3.63, 3.8) is 0 Å². The molecule has 0 saturated carbocycles. The molecule has 4 aromatic rings. The number of hydrogen-bond donors (Lipinski definition) is 0. The zero-order valence-corrected chi connectivity index (χ0v) is 20.3. The topological polar surface area (TPSA) is 66.9 Å². The van der Waals surface area contributed by atoms with Gasteiger partial charge in [0.25, 0.3) is 5.69 Å². The van der Waals surface area contributed by atoms with Gasteiger partial charge in [-0.15, -0.1) is 0 Å². The minimum atomic E-state index is -0.362. The first kappa shape index (κ1) is 23.2. The summed E-state index contributed by atoms with van der Waals surface area (Å²) >= 11 is 0. The number of pyridine rings is 1. The van der Waals surface area contributed by atoms with Crippen molar-refractivity contribution in [3.8, 4) is 22.4 Å². The maximum absolute atomic E-state index is 11.2. The molecule has 1 saturated heterocycles. The summed E-state index contributed by atoms with van der Waals surface area (Å²) in [5, 5.41) is 11.2. The highest BCUT2D eigenvalue weighted by Gasteiger charge is 2.27. The lowest BCUT2D eigenvalue weighted by atomic mass is 10.0. The molecule has 1 aliphatic rings. The lowest BCUT2D eigenvalue weighted by molar-refractivity contribution is -0.384.